The molecule has 6 atom stereocenters. The summed E-state index contributed by atoms with van der Waals surface area (Å²) in [6, 6.07) is 0.552. The molecule has 3 heterocycles. The summed E-state index contributed by atoms with van der Waals surface area (Å²) in [4.78, 5) is 55.4. The van der Waals surface area contributed by atoms with Crippen LogP contribution in [0, 0.1) is 35.4 Å². The molecule has 0 radical (unpaired) electrons. The lowest BCUT2D eigenvalue weighted by molar-refractivity contribution is -0.163. The van der Waals surface area contributed by atoms with Crippen LogP contribution >= 0.6 is 0 Å². The maximum absolute atomic E-state index is 14.6. The molecule has 3 amide bonds. The average molecular weight is 613 g/mol. The number of phenols is 1. The number of nitrogens with one attached hydrogen (secondary N) is 3. The molecule has 2 fully saturated rings. The van der Waals surface area contributed by atoms with Crippen LogP contribution in [0.3, 0.4) is 0 Å². The zero-order chi connectivity index (χ0) is 31.6. The maximum Gasteiger partial charge on any atom is 0.329 e. The summed E-state index contributed by atoms with van der Waals surface area (Å²) in [5, 5.41) is 28.2. The van der Waals surface area contributed by atoms with Crippen molar-refractivity contribution in [1.29, 1.82) is 0 Å². The Kier molecular flexibility index (Phi) is 9.49. The molecule has 0 aliphatic carbocycles. The fourth-order valence-corrected chi connectivity index (χ4v) is 4.65. The number of esters is 1. The standard InChI is InChI=1S/C27H28F4N4O8/c1-10-21(37)15(7-14-17(28)18(29)23(31)35-22(14)30)32-26(40)19(33-25(39)13-5-3-4-6-16(13)36)11(2)43-27(41)20(34-24(10)38)12-8-42-9-12/h3-6,10-12,15,19-21,36-37H,7-9H2,1-2H3,(H,32,40)(H,33,39)(H,34,38)/t10-,11-,15+,19+,20?,21+/m1/s1. The van der Waals surface area contributed by atoms with E-state index < -0.39 is 107 Å². The molecule has 2 saturated heterocycles. The van der Waals surface area contributed by atoms with Crippen LogP contribution in [0.5, 0.6) is 5.75 Å². The number of carbonyl (C=O) groups excluding carboxylic acids is 4. The second-order valence-electron chi connectivity index (χ2n) is 10.3. The Morgan fingerprint density at radius 2 is 1.70 bits per heavy atom. The number of aliphatic hydroxyl groups is 1. The van der Waals surface area contributed by atoms with Gasteiger partial charge < -0.3 is 35.6 Å². The van der Waals surface area contributed by atoms with Gasteiger partial charge in [-0.25, -0.2) is 9.18 Å². The summed E-state index contributed by atoms with van der Waals surface area (Å²) < 4.78 is 67.0. The summed E-state index contributed by atoms with van der Waals surface area (Å²) in [7, 11) is 0. The number of para-hydroxylation sites is 1. The quantitative estimate of drug-likeness (QED) is 0.180. The van der Waals surface area contributed by atoms with E-state index in [0.29, 0.717) is 0 Å². The Bertz CT molecular complexity index is 1430. The number of ether oxygens (including phenoxy) is 2. The van der Waals surface area contributed by atoms with Crippen molar-refractivity contribution < 1.29 is 56.4 Å². The number of rotatable bonds is 5. The van der Waals surface area contributed by atoms with Gasteiger partial charge in [0.15, 0.2) is 5.82 Å². The molecule has 1 aromatic heterocycles. The number of aliphatic hydroxyl groups excluding tert-OH is 1. The third-order valence-corrected chi connectivity index (χ3v) is 7.35. The SMILES string of the molecule is C[C@H]1OC(=O)C(C2COC2)NC(=O)[C@H](C)[C@H](O)[C@H](Cc2c(F)nc(F)c(F)c2F)NC(=O)[C@H]1NC(=O)c1ccccc1O. The lowest BCUT2D eigenvalue weighted by Gasteiger charge is -2.37. The van der Waals surface area contributed by atoms with Gasteiger partial charge in [-0.15, -0.1) is 0 Å². The monoisotopic (exact) mass is 612 g/mol. The van der Waals surface area contributed by atoms with Crippen molar-refractivity contribution in [1.82, 2.24) is 20.9 Å². The predicted octanol–water partition coefficient (Wildman–Crippen LogP) is 0.243. The van der Waals surface area contributed by atoms with Gasteiger partial charge in [0, 0.05) is 17.9 Å². The van der Waals surface area contributed by atoms with Crippen LogP contribution in [-0.2, 0) is 30.3 Å². The molecule has 0 spiro atoms. The van der Waals surface area contributed by atoms with Crippen LogP contribution in [0.1, 0.15) is 29.8 Å². The highest BCUT2D eigenvalue weighted by molar-refractivity contribution is 6.00. The van der Waals surface area contributed by atoms with Crippen molar-refractivity contribution in [3.05, 3.63) is 58.9 Å². The Hall–Kier alpha value is -4.31. The maximum atomic E-state index is 14.6. The lowest BCUT2D eigenvalue weighted by atomic mass is 9.90. The molecule has 43 heavy (non-hydrogen) atoms. The second-order valence-corrected chi connectivity index (χ2v) is 10.3. The number of phenolic OH excluding ortho intramolecular Hbond substituents is 1. The van der Waals surface area contributed by atoms with Gasteiger partial charge in [0.1, 0.15) is 23.9 Å². The van der Waals surface area contributed by atoms with Crippen LogP contribution in [0.25, 0.3) is 0 Å². The molecule has 2 aromatic rings. The molecule has 16 heteroatoms. The van der Waals surface area contributed by atoms with Gasteiger partial charge in [-0.05, 0) is 19.1 Å². The molecule has 232 valence electrons. The number of benzene rings is 1. The van der Waals surface area contributed by atoms with E-state index >= 15 is 0 Å². The van der Waals surface area contributed by atoms with Crippen molar-refractivity contribution in [3.63, 3.8) is 0 Å². The zero-order valence-corrected chi connectivity index (χ0v) is 22.8. The first-order valence-electron chi connectivity index (χ1n) is 13.1. The minimum absolute atomic E-state index is 0.0730. The van der Waals surface area contributed by atoms with E-state index in [9.17, 15) is 47.0 Å². The van der Waals surface area contributed by atoms with Crippen molar-refractivity contribution >= 4 is 23.7 Å². The van der Waals surface area contributed by atoms with Gasteiger partial charge in [0.05, 0.1) is 36.8 Å². The molecule has 1 unspecified atom stereocenters. The summed E-state index contributed by atoms with van der Waals surface area (Å²) in [6.45, 7) is 2.58. The smallest absolute Gasteiger partial charge is 0.329 e. The fraction of sp³-hybridized carbons (Fsp3) is 0.444. The highest BCUT2D eigenvalue weighted by Gasteiger charge is 2.43. The van der Waals surface area contributed by atoms with Gasteiger partial charge >= 0.3 is 5.97 Å². The number of aromatic nitrogens is 1. The molecule has 4 rings (SSSR count). The molecule has 0 bridgehead atoms. The van der Waals surface area contributed by atoms with E-state index in [1.54, 1.807) is 0 Å². The number of hydrogen-bond acceptors (Lipinski definition) is 9. The van der Waals surface area contributed by atoms with E-state index in [-0.39, 0.29) is 18.8 Å². The van der Waals surface area contributed by atoms with Gasteiger partial charge in [0.2, 0.25) is 23.6 Å². The van der Waals surface area contributed by atoms with E-state index in [2.05, 4.69) is 20.9 Å². The first kappa shape index (κ1) is 31.6. The lowest BCUT2D eigenvalue weighted by Crippen LogP contribution is -2.62. The molecular formula is C27H28F4N4O8. The highest BCUT2D eigenvalue weighted by Crippen LogP contribution is 2.24. The van der Waals surface area contributed by atoms with E-state index in [1.165, 1.54) is 38.1 Å². The number of hydrogen-bond donors (Lipinski definition) is 5. The summed E-state index contributed by atoms with van der Waals surface area (Å²) in [5.74, 6) is -14.3. The topological polar surface area (TPSA) is 176 Å². The molecule has 1 aromatic carbocycles. The van der Waals surface area contributed by atoms with E-state index in [4.69, 9.17) is 9.47 Å². The number of amides is 3. The Balaban J connectivity index is 1.73. The van der Waals surface area contributed by atoms with Gasteiger partial charge in [-0.2, -0.15) is 18.2 Å². The van der Waals surface area contributed by atoms with E-state index in [1.807, 2.05) is 0 Å². The summed E-state index contributed by atoms with van der Waals surface area (Å²) in [5.41, 5.74) is -1.39. The minimum Gasteiger partial charge on any atom is -0.507 e. The second kappa shape index (κ2) is 12.9. The molecule has 0 saturated carbocycles. The highest BCUT2D eigenvalue weighted by atomic mass is 19.2. The van der Waals surface area contributed by atoms with Crippen molar-refractivity contribution in [2.75, 3.05) is 13.2 Å². The number of nitrogens with zero attached hydrogens (tertiary/aromatic N) is 1. The number of cyclic esters (lactones) is 1. The van der Waals surface area contributed by atoms with Gasteiger partial charge in [0.25, 0.3) is 11.9 Å². The first-order valence-corrected chi connectivity index (χ1v) is 13.1. The Morgan fingerprint density at radius 3 is 2.33 bits per heavy atom. The fourth-order valence-electron chi connectivity index (χ4n) is 4.65. The minimum atomic E-state index is -2.10. The van der Waals surface area contributed by atoms with Crippen molar-refractivity contribution in [2.45, 2.75) is 50.6 Å². The first-order chi connectivity index (χ1) is 20.3. The zero-order valence-electron chi connectivity index (χ0n) is 22.8. The normalized spacial score (nSPS) is 27.1. The largest absolute Gasteiger partial charge is 0.507 e. The van der Waals surface area contributed by atoms with Gasteiger partial charge in [-0.3, -0.25) is 14.4 Å². The van der Waals surface area contributed by atoms with Crippen LogP contribution in [0.4, 0.5) is 17.6 Å². The number of aromatic hydroxyl groups is 1. The van der Waals surface area contributed by atoms with Crippen molar-refractivity contribution in [3.8, 4) is 5.75 Å². The average Bonchev–Trinajstić information content (AvgIpc) is 2.93. The number of carbonyl (C=O) groups is 4. The van der Waals surface area contributed by atoms with Crippen molar-refractivity contribution in [2.24, 2.45) is 11.8 Å². The van der Waals surface area contributed by atoms with Crippen LogP contribution in [0.2, 0.25) is 0 Å². The molecule has 5 N–H and O–H groups in total. The van der Waals surface area contributed by atoms with Crippen LogP contribution < -0.4 is 16.0 Å². The Labute approximate surface area is 241 Å². The molecule has 12 nitrogen and oxygen atoms in total. The van der Waals surface area contributed by atoms with Crippen LogP contribution in [-0.4, -0.2) is 82.4 Å². The predicted molar refractivity (Wildman–Crippen MR) is 136 cm³/mol. The molecular weight excluding hydrogens is 584 g/mol. The number of pyridine rings is 1. The summed E-state index contributed by atoms with van der Waals surface area (Å²) >= 11 is 0. The summed E-state index contributed by atoms with van der Waals surface area (Å²) in [6.07, 6.45) is -4.38. The molecule has 2 aliphatic rings. The molecule has 2 aliphatic heterocycles. The number of halogens is 4. The van der Waals surface area contributed by atoms with E-state index in [0.717, 1.165) is 0 Å². The third kappa shape index (κ3) is 6.69. The van der Waals surface area contributed by atoms with Crippen LogP contribution in [0.15, 0.2) is 24.3 Å². The Morgan fingerprint density at radius 1 is 1.02 bits per heavy atom. The third-order valence-electron chi connectivity index (χ3n) is 7.35. The van der Waals surface area contributed by atoms with Gasteiger partial charge in [-0.1, -0.05) is 19.1 Å².